The third-order valence-electron chi connectivity index (χ3n) is 15.4. The molecular weight excluding hydrogens is 1280 g/mol. The molecule has 0 spiro atoms. The molecule has 0 unspecified atom stereocenters. The summed E-state index contributed by atoms with van der Waals surface area (Å²) in [5.74, 6) is -2.18. The molecule has 2 fully saturated rings. The van der Waals surface area contributed by atoms with Crippen LogP contribution in [0.2, 0.25) is 5.15 Å². The fraction of sp³-hybridized carbons (Fsp3) is 0.424. The molecule has 2 aliphatic rings. The number of hydrogen-bond acceptors (Lipinski definition) is 18. The van der Waals surface area contributed by atoms with E-state index in [0.717, 1.165) is 11.1 Å². The Bertz CT molecular complexity index is 4290. The molecule has 0 bridgehead atoms. The number of pyridine rings is 4. The lowest BCUT2D eigenvalue weighted by atomic mass is 9.80. The van der Waals surface area contributed by atoms with Crippen molar-refractivity contribution in [3.63, 3.8) is 0 Å². The number of thioether (sulfide) groups is 2. The summed E-state index contributed by atoms with van der Waals surface area (Å²) in [7, 11) is -1.74. The van der Waals surface area contributed by atoms with E-state index in [1.54, 1.807) is 65.0 Å². The molecule has 10 rings (SSSR count). The summed E-state index contributed by atoms with van der Waals surface area (Å²) in [6.07, 6.45) is 6.07. The van der Waals surface area contributed by atoms with E-state index in [1.807, 2.05) is 107 Å². The number of rotatable bonds is 10. The number of hydrogen-bond donors (Lipinski definition) is 2. The molecule has 8 heterocycles. The normalized spacial score (nSPS) is 15.3. The smallest absolute Gasteiger partial charge is 0.444 e. The number of fused-ring (bicyclic) bond motifs is 2. The molecule has 28 heteroatoms. The Balaban J connectivity index is 0.000000207. The number of aryl methyl sites for hydroxylation is 2. The van der Waals surface area contributed by atoms with Crippen LogP contribution in [0.5, 0.6) is 0 Å². The van der Waals surface area contributed by atoms with Gasteiger partial charge in [-0.15, -0.1) is 23.5 Å². The van der Waals surface area contributed by atoms with Gasteiger partial charge in [0.2, 0.25) is 0 Å². The van der Waals surface area contributed by atoms with Crippen molar-refractivity contribution in [2.24, 2.45) is 0 Å². The van der Waals surface area contributed by atoms with Gasteiger partial charge in [0.1, 0.15) is 40.2 Å². The van der Waals surface area contributed by atoms with Gasteiger partial charge >= 0.3 is 30.7 Å². The molecule has 2 aromatic carbocycles. The van der Waals surface area contributed by atoms with Crippen molar-refractivity contribution < 1.29 is 46.7 Å². The zero-order valence-corrected chi connectivity index (χ0v) is 57.9. The van der Waals surface area contributed by atoms with Crippen molar-refractivity contribution in [1.82, 2.24) is 48.8 Å². The highest BCUT2D eigenvalue weighted by Gasteiger charge is 2.36. The fourth-order valence-corrected chi connectivity index (χ4v) is 12.5. The Hall–Kier alpha value is -7.85. The van der Waals surface area contributed by atoms with Gasteiger partial charge < -0.3 is 39.1 Å². The molecule has 8 aromatic rings. The van der Waals surface area contributed by atoms with E-state index in [-0.39, 0.29) is 68.3 Å². The number of carbonyl (C=O) groups is 2. The van der Waals surface area contributed by atoms with Crippen LogP contribution in [-0.2, 0) is 9.47 Å². The van der Waals surface area contributed by atoms with Gasteiger partial charge in [-0.05, 0) is 153 Å². The van der Waals surface area contributed by atoms with Crippen LogP contribution in [0.25, 0.3) is 44.7 Å². The number of benzene rings is 2. The Labute approximate surface area is 557 Å². The third kappa shape index (κ3) is 15.8. The summed E-state index contributed by atoms with van der Waals surface area (Å²) >= 11 is 8.66. The maximum Gasteiger partial charge on any atom is 0.492 e. The van der Waals surface area contributed by atoms with Gasteiger partial charge in [0.15, 0.2) is 28.1 Å². The maximum absolute atomic E-state index is 16.1. The average molecular weight is 1350 g/mol. The van der Waals surface area contributed by atoms with Gasteiger partial charge in [0.05, 0.1) is 39.1 Å². The quantitative estimate of drug-likeness (QED) is 0.0561. The highest BCUT2D eigenvalue weighted by atomic mass is 35.5. The van der Waals surface area contributed by atoms with Crippen LogP contribution in [-0.4, -0.2) is 153 Å². The number of nitrogens with zero attached hydrogens (tertiary/aromatic N) is 12. The van der Waals surface area contributed by atoms with Crippen LogP contribution in [0, 0.1) is 37.1 Å². The summed E-state index contributed by atoms with van der Waals surface area (Å²) in [6.45, 7) is 28.3. The van der Waals surface area contributed by atoms with Crippen molar-refractivity contribution in [2.75, 3.05) is 61.6 Å². The van der Waals surface area contributed by atoms with Crippen LogP contribution in [0.1, 0.15) is 117 Å². The van der Waals surface area contributed by atoms with E-state index >= 15 is 8.78 Å². The second kappa shape index (κ2) is 29.4. The predicted molar refractivity (Wildman–Crippen MR) is 363 cm³/mol. The largest absolute Gasteiger partial charge is 0.492 e. The minimum Gasteiger partial charge on any atom is -0.444 e. The monoisotopic (exact) mass is 1350 g/mol. The topological polar surface area (TPSA) is 227 Å². The van der Waals surface area contributed by atoms with Gasteiger partial charge in [-0.2, -0.15) is 9.97 Å². The first-order valence-electron chi connectivity index (χ1n) is 30.5. The van der Waals surface area contributed by atoms with E-state index < -0.39 is 65.2 Å². The number of amides is 2. The predicted octanol–water partition coefficient (Wildman–Crippen LogP) is 11.8. The Morgan fingerprint density at radius 2 is 1.04 bits per heavy atom. The molecule has 0 aliphatic carbocycles. The Morgan fingerprint density at radius 3 is 1.45 bits per heavy atom. The summed E-state index contributed by atoms with van der Waals surface area (Å²) in [6, 6.07) is 14.5. The van der Waals surface area contributed by atoms with Gasteiger partial charge in [-0.25, -0.2) is 55.8 Å². The second-order valence-corrected chi connectivity index (χ2v) is 27.5. The standard InChI is InChI=1S/C33H38F2N6O3S.C26H32ClFN6O3.C7H8BFO2S/c1-18(2)26-28(19(3)12-13-36-26)41-30-21(16-23(35)27(37-30)25-22(34)10-9-11-24(25)45-8)29(38-31(41)42)40-15-14-39(17-20(40)4)32(43)44-33(5,6)7;1-14(2)19-20(15(3)8-9-29-19)34-23-17(12-18(28)21(27)30-23)22(31-24(34)35)33-11-10-32(13-16(33)4)25(36)37-26(5,6)7;1-12-6-4-2-3-5(9)7(6)8(10)11/h9-13,16,18,20H,14-15,17H2,1-8H3;8-9,12,14,16H,10-11,13H2,1-7H3;2-4,10-11H,1H3/t20-;16-;/m00./s1. The first-order valence-corrected chi connectivity index (χ1v) is 33.3. The molecule has 2 aliphatic heterocycles. The molecule has 0 saturated carbocycles. The summed E-state index contributed by atoms with van der Waals surface area (Å²) < 4.78 is 72.9. The summed E-state index contributed by atoms with van der Waals surface area (Å²) in [5.41, 5.74) is 1.62. The van der Waals surface area contributed by atoms with Crippen LogP contribution in [0.15, 0.2) is 92.4 Å². The highest BCUT2D eigenvalue weighted by Crippen LogP contribution is 2.38. The Kier molecular flexibility index (Phi) is 22.5. The van der Waals surface area contributed by atoms with Gasteiger partial charge in [-0.3, -0.25) is 9.97 Å². The van der Waals surface area contributed by atoms with E-state index in [2.05, 4.69) is 24.9 Å². The van der Waals surface area contributed by atoms with Crippen LogP contribution >= 0.6 is 35.1 Å². The number of ether oxygens (including phenoxy) is 2. The van der Waals surface area contributed by atoms with Gasteiger partial charge in [-0.1, -0.05) is 51.4 Å². The molecule has 0 radical (unpaired) electrons. The average Bonchev–Trinajstić information content (AvgIpc) is 0.743. The first-order chi connectivity index (χ1) is 44.2. The lowest BCUT2D eigenvalue weighted by molar-refractivity contribution is 0.0208. The zero-order valence-electron chi connectivity index (χ0n) is 55.5. The maximum atomic E-state index is 16.1. The minimum atomic E-state index is -1.74. The SMILES string of the molecule is CSc1cccc(F)c1-c1nc2c(cc1F)c(N1CCN(C(=O)OC(C)(C)C)C[C@@H]1C)nc(=O)n2-c1c(C)ccnc1C(C)C.CSc1cccc(F)c1B(O)O.Cc1ccnc(C(C)C)c1-n1c(=O)nc(N2CCN(C(=O)OC(C)(C)C)C[C@@H]2C)c2cc(F)c(Cl)nc21. The second-order valence-electron chi connectivity index (χ2n) is 25.4. The number of carbonyl (C=O) groups excluding carboxylic acids is 2. The first kappa shape index (κ1) is 72.0. The Morgan fingerprint density at radius 1 is 0.617 bits per heavy atom. The molecule has 20 nitrogen and oxygen atoms in total. The lowest BCUT2D eigenvalue weighted by Gasteiger charge is -2.41. The third-order valence-corrected chi connectivity index (χ3v) is 17.3. The van der Waals surface area contributed by atoms with E-state index in [0.29, 0.717) is 83.0 Å². The highest BCUT2D eigenvalue weighted by molar-refractivity contribution is 7.99. The van der Waals surface area contributed by atoms with Crippen LogP contribution < -0.4 is 26.6 Å². The number of piperazine rings is 2. The summed E-state index contributed by atoms with van der Waals surface area (Å²) in [5, 5.41) is 17.9. The van der Waals surface area contributed by atoms with Crippen molar-refractivity contribution >= 4 is 93.6 Å². The minimum absolute atomic E-state index is 0.00778. The number of anilines is 2. The summed E-state index contributed by atoms with van der Waals surface area (Å²) in [4.78, 5) is 88.1. The van der Waals surface area contributed by atoms with Crippen molar-refractivity contribution in [2.45, 2.75) is 142 Å². The van der Waals surface area contributed by atoms with Crippen molar-refractivity contribution in [3.05, 3.63) is 145 Å². The molecule has 2 amide bonds. The number of halogens is 5. The molecular formula is C66H78BClF4N12O8S2. The van der Waals surface area contributed by atoms with Crippen molar-refractivity contribution in [1.29, 1.82) is 0 Å². The van der Waals surface area contributed by atoms with Gasteiger partial charge in [0, 0.05) is 79.0 Å². The molecule has 2 N–H and O–H groups in total. The van der Waals surface area contributed by atoms with Crippen LogP contribution in [0.3, 0.4) is 0 Å². The van der Waals surface area contributed by atoms with Crippen molar-refractivity contribution in [3.8, 4) is 22.6 Å². The van der Waals surface area contributed by atoms with E-state index in [4.69, 9.17) is 36.1 Å². The van der Waals surface area contributed by atoms with Gasteiger partial charge in [0.25, 0.3) is 0 Å². The fourth-order valence-electron chi connectivity index (χ4n) is 11.2. The zero-order chi connectivity index (χ0) is 69.2. The molecule has 2 atom stereocenters. The molecule has 2 saturated heterocycles. The number of aromatic nitrogens is 8. The lowest BCUT2D eigenvalue weighted by Crippen LogP contribution is -2.55. The molecule has 6 aromatic heterocycles. The molecule has 94 heavy (non-hydrogen) atoms. The van der Waals surface area contributed by atoms with E-state index in [9.17, 15) is 28.0 Å². The van der Waals surface area contributed by atoms with E-state index in [1.165, 1.54) is 63.0 Å². The molecule has 500 valence electrons. The van der Waals surface area contributed by atoms with Crippen LogP contribution in [0.4, 0.5) is 38.8 Å².